The molecule has 0 aromatic carbocycles. The van der Waals surface area contributed by atoms with E-state index in [1.807, 2.05) is 0 Å². The maximum absolute atomic E-state index is 5.96. The van der Waals surface area contributed by atoms with Crippen molar-refractivity contribution in [1.82, 2.24) is 10.2 Å². The lowest BCUT2D eigenvalue weighted by Crippen LogP contribution is -2.69. The Balaban J connectivity index is 1.69. The zero-order valence-corrected chi connectivity index (χ0v) is 14.4. The van der Waals surface area contributed by atoms with E-state index in [4.69, 9.17) is 4.74 Å². The van der Waals surface area contributed by atoms with Crippen molar-refractivity contribution >= 4 is 0 Å². The average molecular weight is 294 g/mol. The lowest BCUT2D eigenvalue weighted by atomic mass is 9.61. The molecule has 0 amide bonds. The van der Waals surface area contributed by atoms with Crippen LogP contribution in [0.25, 0.3) is 0 Å². The second-order valence-corrected chi connectivity index (χ2v) is 7.93. The van der Waals surface area contributed by atoms with Crippen LogP contribution in [0.4, 0.5) is 0 Å². The molecule has 122 valence electrons. The summed E-state index contributed by atoms with van der Waals surface area (Å²) in [6, 6.07) is 3.13. The van der Waals surface area contributed by atoms with Gasteiger partial charge in [0, 0.05) is 36.2 Å². The molecule has 3 nitrogen and oxygen atoms in total. The molecule has 2 saturated heterocycles. The van der Waals surface area contributed by atoms with Crippen LogP contribution in [0.3, 0.4) is 0 Å². The van der Waals surface area contributed by atoms with Gasteiger partial charge in [-0.05, 0) is 45.6 Å². The van der Waals surface area contributed by atoms with Gasteiger partial charge >= 0.3 is 0 Å². The van der Waals surface area contributed by atoms with E-state index in [1.165, 1.54) is 38.5 Å². The molecule has 3 heteroatoms. The van der Waals surface area contributed by atoms with Gasteiger partial charge in [-0.25, -0.2) is 0 Å². The van der Waals surface area contributed by atoms with E-state index in [0.717, 1.165) is 37.3 Å². The molecule has 0 aromatic heterocycles. The van der Waals surface area contributed by atoms with Crippen molar-refractivity contribution in [2.75, 3.05) is 13.2 Å². The molecule has 21 heavy (non-hydrogen) atoms. The fraction of sp³-hybridized carbons (Fsp3) is 1.00. The minimum Gasteiger partial charge on any atom is -0.378 e. The van der Waals surface area contributed by atoms with Crippen molar-refractivity contribution in [2.24, 2.45) is 5.41 Å². The van der Waals surface area contributed by atoms with Crippen LogP contribution in [0.2, 0.25) is 0 Å². The maximum atomic E-state index is 5.96. The number of ether oxygens (including phenoxy) is 1. The van der Waals surface area contributed by atoms with E-state index in [1.54, 1.807) is 0 Å². The first-order chi connectivity index (χ1) is 10.1. The van der Waals surface area contributed by atoms with Gasteiger partial charge in [0.15, 0.2) is 0 Å². The highest BCUT2D eigenvalue weighted by atomic mass is 16.5. The number of rotatable bonds is 5. The molecule has 3 rings (SSSR count). The number of hydrogen-bond acceptors (Lipinski definition) is 3. The number of hydrogen-bond donors (Lipinski definition) is 1. The lowest BCUT2D eigenvalue weighted by molar-refractivity contribution is -0.181. The normalized spacial score (nSPS) is 42.6. The van der Waals surface area contributed by atoms with Gasteiger partial charge < -0.3 is 10.1 Å². The summed E-state index contributed by atoms with van der Waals surface area (Å²) < 4.78 is 5.96. The first-order valence-corrected chi connectivity index (χ1v) is 9.20. The Bertz CT molecular complexity index is 343. The molecule has 1 saturated carbocycles. The van der Waals surface area contributed by atoms with Gasteiger partial charge in [0.1, 0.15) is 0 Å². The number of fused-ring (bicyclic) bond motifs is 2. The summed E-state index contributed by atoms with van der Waals surface area (Å²) in [6.07, 6.45) is 8.69. The molecule has 0 spiro atoms. The third-order valence-electron chi connectivity index (χ3n) is 6.38. The fourth-order valence-electron chi connectivity index (χ4n) is 5.24. The van der Waals surface area contributed by atoms with E-state index in [0.29, 0.717) is 11.5 Å². The van der Waals surface area contributed by atoms with Gasteiger partial charge in [0.25, 0.3) is 0 Å². The Morgan fingerprint density at radius 2 is 1.76 bits per heavy atom. The summed E-state index contributed by atoms with van der Waals surface area (Å²) in [6.45, 7) is 11.2. The van der Waals surface area contributed by atoms with E-state index in [9.17, 15) is 0 Å². The molecule has 2 bridgehead atoms. The molecule has 1 N–H and O–H groups in total. The van der Waals surface area contributed by atoms with Gasteiger partial charge in [0.2, 0.25) is 0 Å². The Morgan fingerprint density at radius 3 is 2.29 bits per heavy atom. The smallest absolute Gasteiger partial charge is 0.0655 e. The van der Waals surface area contributed by atoms with Crippen LogP contribution in [0.5, 0.6) is 0 Å². The molecule has 4 unspecified atom stereocenters. The van der Waals surface area contributed by atoms with E-state index >= 15 is 0 Å². The Labute approximate surface area is 130 Å². The van der Waals surface area contributed by atoms with Gasteiger partial charge in [-0.1, -0.05) is 27.2 Å². The van der Waals surface area contributed by atoms with E-state index in [2.05, 4.69) is 37.9 Å². The van der Waals surface area contributed by atoms with Crippen LogP contribution in [0.15, 0.2) is 0 Å². The second kappa shape index (κ2) is 6.17. The zero-order chi connectivity index (χ0) is 15.0. The fourth-order valence-corrected chi connectivity index (χ4v) is 5.24. The van der Waals surface area contributed by atoms with Crippen molar-refractivity contribution in [1.29, 1.82) is 0 Å². The van der Waals surface area contributed by atoms with Crippen LogP contribution >= 0.6 is 0 Å². The van der Waals surface area contributed by atoms with Crippen molar-refractivity contribution in [3.63, 3.8) is 0 Å². The molecule has 0 radical (unpaired) electrons. The van der Waals surface area contributed by atoms with Crippen LogP contribution < -0.4 is 5.32 Å². The first kappa shape index (κ1) is 15.8. The van der Waals surface area contributed by atoms with Crippen LogP contribution in [0, 0.1) is 5.41 Å². The summed E-state index contributed by atoms with van der Waals surface area (Å²) >= 11 is 0. The molecule has 3 aliphatic rings. The molecule has 2 heterocycles. The zero-order valence-electron chi connectivity index (χ0n) is 14.4. The minimum atomic E-state index is 0.328. The Hall–Kier alpha value is -0.120. The number of nitrogens with one attached hydrogen (secondary N) is 1. The summed E-state index contributed by atoms with van der Waals surface area (Å²) in [5, 5.41) is 3.71. The maximum Gasteiger partial charge on any atom is 0.0655 e. The van der Waals surface area contributed by atoms with Crippen molar-refractivity contribution < 1.29 is 4.74 Å². The molecule has 4 atom stereocenters. The molecule has 1 aliphatic carbocycles. The number of piperidine rings is 2. The van der Waals surface area contributed by atoms with Gasteiger partial charge in [-0.3, -0.25) is 4.90 Å². The third kappa shape index (κ3) is 2.77. The van der Waals surface area contributed by atoms with E-state index in [-0.39, 0.29) is 0 Å². The molecular weight excluding hydrogens is 260 g/mol. The summed E-state index contributed by atoms with van der Waals surface area (Å²) in [5.74, 6) is 0. The SMILES string of the molecule is CCNC1CC2CCCC(C1)N2C1CC(OCC)C1(C)C. The lowest BCUT2D eigenvalue weighted by Gasteiger charge is -2.62. The second-order valence-electron chi connectivity index (χ2n) is 7.93. The van der Waals surface area contributed by atoms with E-state index < -0.39 is 0 Å². The van der Waals surface area contributed by atoms with Crippen molar-refractivity contribution in [2.45, 2.75) is 96.5 Å². The molecule has 0 aromatic rings. The average Bonchev–Trinajstić information content (AvgIpc) is 2.43. The Morgan fingerprint density at radius 1 is 1.10 bits per heavy atom. The monoisotopic (exact) mass is 294 g/mol. The van der Waals surface area contributed by atoms with Crippen LogP contribution in [-0.4, -0.2) is 48.3 Å². The summed E-state index contributed by atoms with van der Waals surface area (Å²) in [4.78, 5) is 2.92. The third-order valence-corrected chi connectivity index (χ3v) is 6.38. The minimum absolute atomic E-state index is 0.328. The molecular formula is C18H34N2O. The van der Waals surface area contributed by atoms with Gasteiger partial charge in [-0.2, -0.15) is 0 Å². The molecule has 2 aliphatic heterocycles. The highest BCUT2D eigenvalue weighted by Crippen LogP contribution is 2.50. The highest BCUT2D eigenvalue weighted by molar-refractivity contribution is 5.09. The highest BCUT2D eigenvalue weighted by Gasteiger charge is 2.55. The largest absolute Gasteiger partial charge is 0.378 e. The molecule has 3 fully saturated rings. The van der Waals surface area contributed by atoms with Gasteiger partial charge in [0.05, 0.1) is 6.10 Å². The van der Waals surface area contributed by atoms with Crippen LogP contribution in [0.1, 0.15) is 66.2 Å². The summed E-state index contributed by atoms with van der Waals surface area (Å²) in [7, 11) is 0. The van der Waals surface area contributed by atoms with Crippen molar-refractivity contribution in [3.05, 3.63) is 0 Å². The van der Waals surface area contributed by atoms with Crippen LogP contribution in [-0.2, 0) is 4.74 Å². The quantitative estimate of drug-likeness (QED) is 0.843. The van der Waals surface area contributed by atoms with Crippen molar-refractivity contribution in [3.8, 4) is 0 Å². The van der Waals surface area contributed by atoms with Gasteiger partial charge in [-0.15, -0.1) is 0 Å². The first-order valence-electron chi connectivity index (χ1n) is 9.20. The summed E-state index contributed by atoms with van der Waals surface area (Å²) in [5.41, 5.74) is 0.328. The standard InChI is InChI=1S/C18H34N2O/c1-5-19-13-10-14-8-7-9-15(11-13)20(14)16-12-17(21-6-2)18(16,3)4/h13-17,19H,5-12H2,1-4H3. The topological polar surface area (TPSA) is 24.5 Å². The number of nitrogens with zero attached hydrogens (tertiary/aromatic N) is 1. The predicted octanol–water partition coefficient (Wildman–Crippen LogP) is 3.19. The Kier molecular flexibility index (Phi) is 4.63. The predicted molar refractivity (Wildman–Crippen MR) is 87.6 cm³/mol.